The summed E-state index contributed by atoms with van der Waals surface area (Å²) in [7, 11) is 1.51. The molecular weight excluding hydrogens is 263 g/mol. The summed E-state index contributed by atoms with van der Waals surface area (Å²) in [6.45, 7) is 3.51. The molecule has 1 N–H and O–H groups in total. The molecule has 0 saturated carbocycles. The van der Waals surface area contributed by atoms with Crippen LogP contribution in [0.3, 0.4) is 0 Å². The predicted molar refractivity (Wildman–Crippen MR) is 72.3 cm³/mol. The van der Waals surface area contributed by atoms with E-state index in [-0.39, 0.29) is 12.4 Å². The minimum atomic E-state index is -0.806. The van der Waals surface area contributed by atoms with Crippen LogP contribution in [0.1, 0.15) is 5.56 Å². The van der Waals surface area contributed by atoms with Gasteiger partial charge in [-0.15, -0.1) is 0 Å². The Kier molecular flexibility index (Phi) is 4.92. The molecule has 1 fully saturated rings. The normalized spacial score (nSPS) is 17.1. The van der Waals surface area contributed by atoms with E-state index in [1.807, 2.05) is 4.90 Å². The van der Waals surface area contributed by atoms with Gasteiger partial charge >= 0.3 is 5.97 Å². The van der Waals surface area contributed by atoms with Crippen molar-refractivity contribution < 1.29 is 19.0 Å². The number of nitrogens with zero attached hydrogens (tertiary/aromatic N) is 2. The van der Waals surface area contributed by atoms with E-state index >= 15 is 0 Å². The number of carbonyl (C=O) groups is 1. The van der Waals surface area contributed by atoms with E-state index in [1.165, 1.54) is 13.2 Å². The van der Waals surface area contributed by atoms with Crippen molar-refractivity contribution >= 4 is 5.97 Å². The third-order valence-corrected chi connectivity index (χ3v) is 3.48. The average Bonchev–Trinajstić information content (AvgIpc) is 2.42. The van der Waals surface area contributed by atoms with Crippen LogP contribution in [-0.2, 0) is 11.3 Å². The summed E-state index contributed by atoms with van der Waals surface area (Å²) in [5.74, 6) is -0.561. The molecule has 6 heteroatoms. The molecular formula is C14H19FN2O3. The van der Waals surface area contributed by atoms with E-state index in [9.17, 15) is 9.18 Å². The number of hydrogen-bond acceptors (Lipinski definition) is 4. The highest BCUT2D eigenvalue weighted by atomic mass is 19.1. The molecule has 1 saturated heterocycles. The molecule has 5 nitrogen and oxygen atoms in total. The zero-order valence-corrected chi connectivity index (χ0v) is 11.5. The van der Waals surface area contributed by atoms with Gasteiger partial charge in [0, 0.05) is 44.4 Å². The van der Waals surface area contributed by atoms with Crippen LogP contribution in [0.4, 0.5) is 4.39 Å². The Bertz CT molecular complexity index is 473. The van der Waals surface area contributed by atoms with E-state index in [0.29, 0.717) is 30.9 Å². The zero-order chi connectivity index (χ0) is 14.5. The van der Waals surface area contributed by atoms with Crippen molar-refractivity contribution in [2.45, 2.75) is 6.54 Å². The van der Waals surface area contributed by atoms with Gasteiger partial charge in [0.15, 0.2) is 0 Å². The number of benzene rings is 1. The van der Waals surface area contributed by atoms with Crippen LogP contribution in [0, 0.1) is 5.82 Å². The first-order chi connectivity index (χ1) is 9.58. The van der Waals surface area contributed by atoms with E-state index in [0.717, 1.165) is 13.1 Å². The molecule has 1 aromatic carbocycles. The Morgan fingerprint density at radius 1 is 1.30 bits per heavy atom. The SMILES string of the molecule is COc1ccc(CN2CCN(CC(=O)O)CC2)c(F)c1. The molecule has 0 spiro atoms. The summed E-state index contributed by atoms with van der Waals surface area (Å²) in [5, 5.41) is 8.74. The molecule has 0 radical (unpaired) electrons. The molecule has 110 valence electrons. The zero-order valence-electron chi connectivity index (χ0n) is 11.5. The Morgan fingerprint density at radius 3 is 2.50 bits per heavy atom. The number of carboxylic acids is 1. The molecule has 0 aliphatic carbocycles. The van der Waals surface area contributed by atoms with E-state index in [1.54, 1.807) is 12.1 Å². The van der Waals surface area contributed by atoms with E-state index in [2.05, 4.69) is 4.90 Å². The molecule has 1 heterocycles. The number of rotatable bonds is 5. The second-order valence-electron chi connectivity index (χ2n) is 4.90. The van der Waals surface area contributed by atoms with Gasteiger partial charge < -0.3 is 9.84 Å². The van der Waals surface area contributed by atoms with Gasteiger partial charge in [0.1, 0.15) is 11.6 Å². The molecule has 1 aliphatic rings. The van der Waals surface area contributed by atoms with Crippen LogP contribution in [0.15, 0.2) is 18.2 Å². The smallest absolute Gasteiger partial charge is 0.317 e. The highest BCUT2D eigenvalue weighted by Crippen LogP contribution is 2.18. The number of carboxylic acid groups (broad SMARTS) is 1. The van der Waals surface area contributed by atoms with E-state index < -0.39 is 5.97 Å². The monoisotopic (exact) mass is 282 g/mol. The number of hydrogen-bond donors (Lipinski definition) is 1. The summed E-state index contributed by atoms with van der Waals surface area (Å²) in [4.78, 5) is 14.6. The van der Waals surface area contributed by atoms with Crippen molar-refractivity contribution in [3.63, 3.8) is 0 Å². The molecule has 0 aromatic heterocycles. The number of halogens is 1. The van der Waals surface area contributed by atoms with Crippen molar-refractivity contribution in [2.24, 2.45) is 0 Å². The minimum absolute atomic E-state index is 0.0741. The first-order valence-electron chi connectivity index (χ1n) is 6.57. The van der Waals surface area contributed by atoms with Gasteiger partial charge in [0.25, 0.3) is 0 Å². The molecule has 20 heavy (non-hydrogen) atoms. The van der Waals surface area contributed by atoms with Gasteiger partial charge in [-0.1, -0.05) is 6.07 Å². The fourth-order valence-electron chi connectivity index (χ4n) is 2.32. The highest BCUT2D eigenvalue weighted by molar-refractivity contribution is 5.69. The Labute approximate surface area is 117 Å². The van der Waals surface area contributed by atoms with Crippen LogP contribution in [0.25, 0.3) is 0 Å². The maximum absolute atomic E-state index is 13.8. The number of aliphatic carboxylic acids is 1. The summed E-state index contributed by atoms with van der Waals surface area (Å²) in [5.41, 5.74) is 0.637. The van der Waals surface area contributed by atoms with Gasteiger partial charge in [-0.05, 0) is 6.07 Å². The molecule has 0 unspecified atom stereocenters. The third-order valence-electron chi connectivity index (χ3n) is 3.48. The fraction of sp³-hybridized carbons (Fsp3) is 0.500. The second kappa shape index (κ2) is 6.67. The number of methoxy groups -OCH3 is 1. The van der Waals surface area contributed by atoms with Crippen LogP contribution in [-0.4, -0.2) is 60.7 Å². The number of piperazine rings is 1. The first-order valence-corrected chi connectivity index (χ1v) is 6.57. The molecule has 2 rings (SSSR count). The van der Waals surface area contributed by atoms with Gasteiger partial charge in [0.05, 0.1) is 13.7 Å². The molecule has 1 aromatic rings. The predicted octanol–water partition coefficient (Wildman–Crippen LogP) is 1.04. The van der Waals surface area contributed by atoms with Crippen molar-refractivity contribution in [1.82, 2.24) is 9.80 Å². The molecule has 0 amide bonds. The Morgan fingerprint density at radius 2 is 1.95 bits per heavy atom. The summed E-state index contributed by atoms with van der Waals surface area (Å²) >= 11 is 0. The molecule has 0 bridgehead atoms. The van der Waals surface area contributed by atoms with Crippen molar-refractivity contribution in [3.05, 3.63) is 29.6 Å². The number of ether oxygens (including phenoxy) is 1. The lowest BCUT2D eigenvalue weighted by Gasteiger charge is -2.33. The van der Waals surface area contributed by atoms with Crippen LogP contribution >= 0.6 is 0 Å². The summed E-state index contributed by atoms with van der Waals surface area (Å²) in [6.07, 6.45) is 0. The van der Waals surface area contributed by atoms with Crippen molar-refractivity contribution in [1.29, 1.82) is 0 Å². The van der Waals surface area contributed by atoms with Crippen LogP contribution in [0.5, 0.6) is 5.75 Å². The Balaban J connectivity index is 1.88. The molecule has 1 aliphatic heterocycles. The standard InChI is InChI=1S/C14H19FN2O3/c1-20-12-3-2-11(13(15)8-12)9-16-4-6-17(7-5-16)10-14(18)19/h2-3,8H,4-7,9-10H2,1H3,(H,18,19). The minimum Gasteiger partial charge on any atom is -0.497 e. The lowest BCUT2D eigenvalue weighted by Crippen LogP contribution is -2.47. The van der Waals surface area contributed by atoms with Gasteiger partial charge in [0.2, 0.25) is 0 Å². The highest BCUT2D eigenvalue weighted by Gasteiger charge is 2.19. The summed E-state index contributed by atoms with van der Waals surface area (Å²) in [6, 6.07) is 4.87. The largest absolute Gasteiger partial charge is 0.497 e. The lowest BCUT2D eigenvalue weighted by molar-refractivity contribution is -0.138. The fourth-order valence-corrected chi connectivity index (χ4v) is 2.32. The van der Waals surface area contributed by atoms with Gasteiger partial charge in [-0.2, -0.15) is 0 Å². The quantitative estimate of drug-likeness (QED) is 0.874. The Hall–Kier alpha value is -1.66. The van der Waals surface area contributed by atoms with Crippen LogP contribution in [0.2, 0.25) is 0 Å². The lowest BCUT2D eigenvalue weighted by atomic mass is 10.1. The first kappa shape index (κ1) is 14.7. The summed E-state index contributed by atoms with van der Waals surface area (Å²) < 4.78 is 18.8. The second-order valence-corrected chi connectivity index (χ2v) is 4.90. The van der Waals surface area contributed by atoms with Gasteiger partial charge in [-0.25, -0.2) is 4.39 Å². The third kappa shape index (κ3) is 3.91. The van der Waals surface area contributed by atoms with E-state index in [4.69, 9.17) is 9.84 Å². The van der Waals surface area contributed by atoms with Crippen molar-refractivity contribution in [3.8, 4) is 5.75 Å². The molecule has 0 atom stereocenters. The van der Waals surface area contributed by atoms with Crippen LogP contribution < -0.4 is 4.74 Å². The average molecular weight is 282 g/mol. The van der Waals surface area contributed by atoms with Crippen molar-refractivity contribution in [2.75, 3.05) is 39.8 Å². The topological polar surface area (TPSA) is 53.0 Å². The maximum atomic E-state index is 13.8. The van der Waals surface area contributed by atoms with Gasteiger partial charge in [-0.3, -0.25) is 14.6 Å². The maximum Gasteiger partial charge on any atom is 0.317 e.